The van der Waals surface area contributed by atoms with Crippen molar-refractivity contribution in [3.05, 3.63) is 23.8 Å². The molecule has 5 heteroatoms. The summed E-state index contributed by atoms with van der Waals surface area (Å²) in [5.74, 6) is 2.13. The smallest absolute Gasteiger partial charge is 0.230 e. The maximum atomic E-state index is 12.1. The van der Waals surface area contributed by atoms with E-state index < -0.39 is 0 Å². The third kappa shape index (κ3) is 4.57. The van der Waals surface area contributed by atoms with Gasteiger partial charge in [-0.3, -0.25) is 4.79 Å². The third-order valence-electron chi connectivity index (χ3n) is 4.03. The van der Waals surface area contributed by atoms with Gasteiger partial charge in [0.05, 0.1) is 26.0 Å². The Kier molecular flexibility index (Phi) is 6.43. The first kappa shape index (κ1) is 17.0. The van der Waals surface area contributed by atoms with Crippen LogP contribution in [0, 0.1) is 0 Å². The number of hydrogen-bond donors (Lipinski definition) is 1. The molecule has 0 bridgehead atoms. The van der Waals surface area contributed by atoms with Gasteiger partial charge in [-0.15, -0.1) is 11.8 Å². The lowest BCUT2D eigenvalue weighted by Crippen LogP contribution is -2.29. The van der Waals surface area contributed by atoms with Gasteiger partial charge in [-0.25, -0.2) is 0 Å². The van der Waals surface area contributed by atoms with E-state index >= 15 is 0 Å². The molecule has 1 amide bonds. The second-order valence-electron chi connectivity index (χ2n) is 5.61. The van der Waals surface area contributed by atoms with Gasteiger partial charge >= 0.3 is 0 Å². The Morgan fingerprint density at radius 1 is 1.32 bits per heavy atom. The number of rotatable bonds is 7. The average molecular weight is 323 g/mol. The summed E-state index contributed by atoms with van der Waals surface area (Å²) in [6.07, 6.45) is 5.10. The van der Waals surface area contributed by atoms with E-state index in [1.165, 1.54) is 25.7 Å². The molecule has 0 heterocycles. The Morgan fingerprint density at radius 3 is 2.68 bits per heavy atom. The highest BCUT2D eigenvalue weighted by Crippen LogP contribution is 2.31. The summed E-state index contributed by atoms with van der Waals surface area (Å²) in [6.45, 7) is 1.97. The van der Waals surface area contributed by atoms with Crippen LogP contribution in [0.25, 0.3) is 0 Å². The van der Waals surface area contributed by atoms with Crippen LogP contribution in [-0.4, -0.2) is 31.1 Å². The fraction of sp³-hybridized carbons (Fsp3) is 0.588. The van der Waals surface area contributed by atoms with Gasteiger partial charge in [0.1, 0.15) is 11.5 Å². The summed E-state index contributed by atoms with van der Waals surface area (Å²) in [5.41, 5.74) is 0.932. The maximum absolute atomic E-state index is 12.1. The van der Waals surface area contributed by atoms with Crippen LogP contribution in [-0.2, 0) is 4.79 Å². The number of carbonyl (C=O) groups is 1. The van der Waals surface area contributed by atoms with E-state index in [4.69, 9.17) is 9.47 Å². The van der Waals surface area contributed by atoms with Crippen molar-refractivity contribution in [3.63, 3.8) is 0 Å². The molecule has 0 aromatic heterocycles. The van der Waals surface area contributed by atoms with Crippen molar-refractivity contribution in [2.75, 3.05) is 20.0 Å². The van der Waals surface area contributed by atoms with Crippen LogP contribution in [0.5, 0.6) is 11.5 Å². The van der Waals surface area contributed by atoms with Gasteiger partial charge in [-0.05, 0) is 38.0 Å². The molecular formula is C17H25NO3S. The Balaban J connectivity index is 1.92. The van der Waals surface area contributed by atoms with Crippen LogP contribution in [0.1, 0.15) is 44.2 Å². The first-order valence-corrected chi connectivity index (χ1v) is 8.81. The predicted octanol–water partition coefficient (Wildman–Crippen LogP) is 3.56. The van der Waals surface area contributed by atoms with Gasteiger partial charge in [-0.1, -0.05) is 12.8 Å². The fourth-order valence-electron chi connectivity index (χ4n) is 2.79. The zero-order valence-electron chi connectivity index (χ0n) is 13.6. The zero-order valence-corrected chi connectivity index (χ0v) is 14.4. The second kappa shape index (κ2) is 8.32. The number of hydrogen-bond acceptors (Lipinski definition) is 4. The van der Waals surface area contributed by atoms with Gasteiger partial charge < -0.3 is 14.8 Å². The van der Waals surface area contributed by atoms with Crippen molar-refractivity contribution in [3.8, 4) is 11.5 Å². The normalized spacial score (nSPS) is 16.3. The largest absolute Gasteiger partial charge is 0.497 e. The second-order valence-corrected chi connectivity index (χ2v) is 6.90. The van der Waals surface area contributed by atoms with Crippen LogP contribution < -0.4 is 14.8 Å². The first-order chi connectivity index (χ1) is 10.6. The van der Waals surface area contributed by atoms with E-state index in [0.717, 1.165) is 17.1 Å². The molecule has 1 aromatic carbocycles. The lowest BCUT2D eigenvalue weighted by Gasteiger charge is -2.18. The van der Waals surface area contributed by atoms with E-state index in [1.807, 2.05) is 25.1 Å². The Bertz CT molecular complexity index is 501. The Morgan fingerprint density at radius 2 is 2.05 bits per heavy atom. The minimum atomic E-state index is -0.110. The highest BCUT2D eigenvalue weighted by molar-refractivity contribution is 8.00. The number of nitrogens with one attached hydrogen (secondary N) is 1. The number of ether oxygens (including phenoxy) is 2. The van der Waals surface area contributed by atoms with Crippen LogP contribution in [0.3, 0.4) is 0 Å². The molecule has 22 heavy (non-hydrogen) atoms. The van der Waals surface area contributed by atoms with Gasteiger partial charge in [-0.2, -0.15) is 0 Å². The van der Waals surface area contributed by atoms with Crippen molar-refractivity contribution < 1.29 is 14.3 Å². The zero-order chi connectivity index (χ0) is 15.9. The molecule has 1 saturated carbocycles. The van der Waals surface area contributed by atoms with E-state index in [1.54, 1.807) is 26.0 Å². The first-order valence-electron chi connectivity index (χ1n) is 7.77. The third-order valence-corrected chi connectivity index (χ3v) is 5.40. The SMILES string of the molecule is COc1ccc(OC)c([C@@H](C)NC(=O)CSC2CCCC2)c1. The highest BCUT2D eigenvalue weighted by atomic mass is 32.2. The summed E-state index contributed by atoms with van der Waals surface area (Å²) >= 11 is 1.78. The number of benzene rings is 1. The molecule has 4 nitrogen and oxygen atoms in total. The minimum absolute atomic E-state index is 0.0780. The monoisotopic (exact) mass is 323 g/mol. The van der Waals surface area contributed by atoms with Gasteiger partial charge in [0.25, 0.3) is 0 Å². The van der Waals surface area contributed by atoms with Crippen molar-refractivity contribution in [1.29, 1.82) is 0 Å². The lowest BCUT2D eigenvalue weighted by atomic mass is 10.1. The molecule has 1 aliphatic rings. The predicted molar refractivity (Wildman–Crippen MR) is 90.8 cm³/mol. The summed E-state index contributed by atoms with van der Waals surface area (Å²) < 4.78 is 10.6. The van der Waals surface area contributed by atoms with E-state index in [-0.39, 0.29) is 11.9 Å². The Hall–Kier alpha value is -1.36. The average Bonchev–Trinajstić information content (AvgIpc) is 3.05. The van der Waals surface area contributed by atoms with E-state index in [0.29, 0.717) is 11.0 Å². The molecule has 0 aliphatic heterocycles. The minimum Gasteiger partial charge on any atom is -0.497 e. The molecule has 1 N–H and O–H groups in total. The lowest BCUT2D eigenvalue weighted by molar-refractivity contribution is -0.119. The van der Waals surface area contributed by atoms with Crippen LogP contribution in [0.2, 0.25) is 0 Å². The molecule has 1 fully saturated rings. The van der Waals surface area contributed by atoms with Gasteiger partial charge in [0.15, 0.2) is 0 Å². The van der Waals surface area contributed by atoms with Crippen LogP contribution >= 0.6 is 11.8 Å². The number of carbonyl (C=O) groups excluding carboxylic acids is 1. The molecule has 1 aliphatic carbocycles. The van der Waals surface area contributed by atoms with Crippen LogP contribution in [0.4, 0.5) is 0 Å². The quantitative estimate of drug-likeness (QED) is 0.833. The summed E-state index contributed by atoms with van der Waals surface area (Å²) in [6, 6.07) is 5.52. The van der Waals surface area contributed by atoms with E-state index in [2.05, 4.69) is 5.32 Å². The standard InChI is InChI=1S/C17H25NO3S/c1-12(15-10-13(20-2)8-9-16(15)21-3)18-17(19)11-22-14-6-4-5-7-14/h8-10,12,14H,4-7,11H2,1-3H3,(H,18,19)/t12-/m1/s1. The molecule has 1 atom stereocenters. The number of thioether (sulfide) groups is 1. The molecular weight excluding hydrogens is 298 g/mol. The summed E-state index contributed by atoms with van der Waals surface area (Å²) in [5, 5.41) is 3.71. The maximum Gasteiger partial charge on any atom is 0.230 e. The molecule has 0 saturated heterocycles. The molecule has 0 radical (unpaired) electrons. The highest BCUT2D eigenvalue weighted by Gasteiger charge is 2.19. The van der Waals surface area contributed by atoms with Gasteiger partial charge in [0.2, 0.25) is 5.91 Å². The summed E-state index contributed by atoms with van der Waals surface area (Å²) in [7, 11) is 3.27. The molecule has 0 spiro atoms. The Labute approximate surface area is 137 Å². The topological polar surface area (TPSA) is 47.6 Å². The fourth-order valence-corrected chi connectivity index (χ4v) is 3.92. The van der Waals surface area contributed by atoms with Crippen molar-refractivity contribution >= 4 is 17.7 Å². The van der Waals surface area contributed by atoms with E-state index in [9.17, 15) is 4.79 Å². The summed E-state index contributed by atoms with van der Waals surface area (Å²) in [4.78, 5) is 12.1. The number of amides is 1. The number of methoxy groups -OCH3 is 2. The molecule has 0 unspecified atom stereocenters. The van der Waals surface area contributed by atoms with Crippen LogP contribution in [0.15, 0.2) is 18.2 Å². The van der Waals surface area contributed by atoms with Crippen molar-refractivity contribution in [2.45, 2.75) is 43.9 Å². The molecule has 122 valence electrons. The van der Waals surface area contributed by atoms with Gasteiger partial charge in [0, 0.05) is 10.8 Å². The molecule has 2 rings (SSSR count). The van der Waals surface area contributed by atoms with Crippen molar-refractivity contribution in [2.24, 2.45) is 0 Å². The van der Waals surface area contributed by atoms with Crippen molar-refractivity contribution in [1.82, 2.24) is 5.32 Å². The molecule has 1 aromatic rings.